The molecule has 0 aromatic heterocycles. The zero-order valence-corrected chi connectivity index (χ0v) is 17.3. The average molecular weight is 371 g/mol. The highest BCUT2D eigenvalue weighted by Gasteiger charge is 2.23. The summed E-state index contributed by atoms with van der Waals surface area (Å²) in [6.45, 7) is 9.90. The molecule has 0 aliphatic rings. The van der Waals surface area contributed by atoms with Crippen molar-refractivity contribution >= 4 is 11.4 Å². The maximum Gasteiger partial charge on any atom is 0.141 e. The van der Waals surface area contributed by atoms with Gasteiger partial charge in [-0.15, -0.1) is 0 Å². The highest BCUT2D eigenvalue weighted by Crippen LogP contribution is 2.42. The lowest BCUT2D eigenvalue weighted by Crippen LogP contribution is -2.10. The third-order valence-electron chi connectivity index (χ3n) is 5.77. The van der Waals surface area contributed by atoms with Crippen LogP contribution in [0.25, 0.3) is 0 Å². The molecule has 0 heterocycles. The van der Waals surface area contributed by atoms with Crippen LogP contribution in [0.15, 0.2) is 12.1 Å². The topological polar surface area (TPSA) is 92.5 Å². The van der Waals surface area contributed by atoms with Crippen molar-refractivity contribution in [3.63, 3.8) is 0 Å². The van der Waals surface area contributed by atoms with Crippen molar-refractivity contribution in [1.29, 1.82) is 0 Å². The standard InChI is InChI=1S/C23H34N2O2/c1-6-7-8-9-10-17(18-11-13(2)22(26)20(24)15(18)4)19-12-14(3)23(27)21(25)16(19)5/h11-12,17,26-27H,6-10,24-25H2,1-5H3. The first-order valence-corrected chi connectivity index (χ1v) is 9.87. The molecule has 2 aromatic rings. The number of benzene rings is 2. The lowest BCUT2D eigenvalue weighted by atomic mass is 9.80. The van der Waals surface area contributed by atoms with Crippen molar-refractivity contribution in [2.75, 3.05) is 11.5 Å². The molecule has 0 saturated carbocycles. The zero-order valence-electron chi connectivity index (χ0n) is 17.3. The van der Waals surface area contributed by atoms with Gasteiger partial charge in [-0.2, -0.15) is 0 Å². The summed E-state index contributed by atoms with van der Waals surface area (Å²) >= 11 is 0. The van der Waals surface area contributed by atoms with Gasteiger partial charge in [-0.1, -0.05) is 44.7 Å². The molecule has 6 N–H and O–H groups in total. The van der Waals surface area contributed by atoms with Crippen molar-refractivity contribution in [1.82, 2.24) is 0 Å². The average Bonchev–Trinajstić information content (AvgIpc) is 2.65. The van der Waals surface area contributed by atoms with Gasteiger partial charge in [0.25, 0.3) is 0 Å². The van der Waals surface area contributed by atoms with Gasteiger partial charge in [0.2, 0.25) is 0 Å². The molecule has 0 unspecified atom stereocenters. The molecule has 0 aliphatic heterocycles. The number of phenols is 2. The van der Waals surface area contributed by atoms with E-state index in [2.05, 4.69) is 6.92 Å². The lowest BCUT2D eigenvalue weighted by Gasteiger charge is -2.25. The van der Waals surface area contributed by atoms with Gasteiger partial charge in [0, 0.05) is 5.92 Å². The summed E-state index contributed by atoms with van der Waals surface area (Å²) in [5.74, 6) is 0.461. The Labute approximate surface area is 163 Å². The van der Waals surface area contributed by atoms with E-state index >= 15 is 0 Å². The van der Waals surface area contributed by atoms with E-state index in [1.54, 1.807) is 0 Å². The molecule has 0 saturated heterocycles. The fourth-order valence-corrected chi connectivity index (χ4v) is 3.89. The molecule has 4 nitrogen and oxygen atoms in total. The summed E-state index contributed by atoms with van der Waals surface area (Å²) in [5, 5.41) is 20.4. The van der Waals surface area contributed by atoms with Crippen LogP contribution in [0.5, 0.6) is 11.5 Å². The zero-order chi connectivity index (χ0) is 20.3. The van der Waals surface area contributed by atoms with E-state index in [0.717, 1.165) is 46.2 Å². The highest BCUT2D eigenvalue weighted by molar-refractivity contribution is 5.68. The predicted molar refractivity (Wildman–Crippen MR) is 115 cm³/mol. The number of aryl methyl sites for hydroxylation is 2. The van der Waals surface area contributed by atoms with Gasteiger partial charge in [-0.3, -0.25) is 0 Å². The number of hydrogen-bond acceptors (Lipinski definition) is 4. The van der Waals surface area contributed by atoms with Crippen molar-refractivity contribution in [3.05, 3.63) is 45.5 Å². The second-order valence-corrected chi connectivity index (χ2v) is 7.74. The Bertz CT molecular complexity index is 765. The maximum atomic E-state index is 10.2. The summed E-state index contributed by atoms with van der Waals surface area (Å²) < 4.78 is 0. The number of rotatable bonds is 7. The molecule has 148 valence electrons. The number of nitrogens with two attached hydrogens (primary N) is 2. The van der Waals surface area contributed by atoms with E-state index in [9.17, 15) is 10.2 Å². The van der Waals surface area contributed by atoms with Crippen LogP contribution in [0.3, 0.4) is 0 Å². The summed E-state index contributed by atoms with van der Waals surface area (Å²) in [5.41, 5.74) is 18.9. The quantitative estimate of drug-likeness (QED) is 0.290. The smallest absolute Gasteiger partial charge is 0.141 e. The van der Waals surface area contributed by atoms with Crippen LogP contribution in [0.1, 0.15) is 78.3 Å². The molecule has 27 heavy (non-hydrogen) atoms. The second kappa shape index (κ2) is 8.55. The van der Waals surface area contributed by atoms with Crippen LogP contribution in [-0.4, -0.2) is 10.2 Å². The number of nitrogen functional groups attached to an aromatic ring is 2. The highest BCUT2D eigenvalue weighted by atomic mass is 16.3. The monoisotopic (exact) mass is 370 g/mol. The minimum Gasteiger partial charge on any atom is -0.506 e. The van der Waals surface area contributed by atoms with Gasteiger partial charge in [-0.25, -0.2) is 0 Å². The van der Waals surface area contributed by atoms with Crippen LogP contribution in [0.4, 0.5) is 11.4 Å². The molecular formula is C23H34N2O2. The Balaban J connectivity index is 2.61. The number of unbranched alkanes of at least 4 members (excludes halogenated alkanes) is 3. The minimum absolute atomic E-state index is 0.130. The van der Waals surface area contributed by atoms with E-state index in [-0.39, 0.29) is 17.4 Å². The molecule has 0 bridgehead atoms. The van der Waals surface area contributed by atoms with Crippen LogP contribution in [0.2, 0.25) is 0 Å². The van der Waals surface area contributed by atoms with Gasteiger partial charge in [0.1, 0.15) is 11.5 Å². The van der Waals surface area contributed by atoms with Gasteiger partial charge in [0.15, 0.2) is 0 Å². The molecule has 2 aromatic carbocycles. The van der Waals surface area contributed by atoms with Crippen LogP contribution >= 0.6 is 0 Å². The van der Waals surface area contributed by atoms with E-state index in [1.165, 1.54) is 19.3 Å². The molecule has 0 radical (unpaired) electrons. The Hall–Kier alpha value is -2.36. The molecule has 0 amide bonds. The van der Waals surface area contributed by atoms with Crippen LogP contribution in [0, 0.1) is 27.7 Å². The maximum absolute atomic E-state index is 10.2. The Morgan fingerprint density at radius 1 is 0.778 bits per heavy atom. The van der Waals surface area contributed by atoms with Crippen molar-refractivity contribution in [3.8, 4) is 11.5 Å². The molecule has 4 heteroatoms. The minimum atomic E-state index is 0.130. The Morgan fingerprint density at radius 2 is 1.22 bits per heavy atom. The summed E-state index contributed by atoms with van der Waals surface area (Å²) in [4.78, 5) is 0. The summed E-state index contributed by atoms with van der Waals surface area (Å²) in [6, 6.07) is 4.09. The molecule has 0 fully saturated rings. The van der Waals surface area contributed by atoms with Crippen molar-refractivity contribution < 1.29 is 10.2 Å². The van der Waals surface area contributed by atoms with Gasteiger partial charge >= 0.3 is 0 Å². The van der Waals surface area contributed by atoms with E-state index in [0.29, 0.717) is 11.4 Å². The third kappa shape index (κ3) is 4.15. The Morgan fingerprint density at radius 3 is 1.63 bits per heavy atom. The first kappa shape index (κ1) is 20.9. The predicted octanol–water partition coefficient (Wildman–Crippen LogP) is 5.60. The van der Waals surface area contributed by atoms with Crippen molar-refractivity contribution in [2.24, 2.45) is 0 Å². The number of anilines is 2. The largest absolute Gasteiger partial charge is 0.506 e. The van der Waals surface area contributed by atoms with E-state index in [1.807, 2.05) is 39.8 Å². The SMILES string of the molecule is CCCCCCC(c1cc(C)c(O)c(N)c1C)c1cc(C)c(O)c(N)c1C. The summed E-state index contributed by atoms with van der Waals surface area (Å²) in [7, 11) is 0. The molecular weight excluding hydrogens is 336 g/mol. The van der Waals surface area contributed by atoms with E-state index in [4.69, 9.17) is 11.5 Å². The lowest BCUT2D eigenvalue weighted by molar-refractivity contribution is 0.472. The number of phenolic OH excluding ortho intramolecular Hbond substituents is 2. The van der Waals surface area contributed by atoms with Gasteiger partial charge in [-0.05, 0) is 67.5 Å². The van der Waals surface area contributed by atoms with Crippen LogP contribution < -0.4 is 11.5 Å². The molecule has 0 spiro atoms. The fraction of sp³-hybridized carbons (Fsp3) is 0.478. The molecule has 2 rings (SSSR count). The first-order chi connectivity index (χ1) is 12.7. The van der Waals surface area contributed by atoms with Crippen LogP contribution in [-0.2, 0) is 0 Å². The Kier molecular flexibility index (Phi) is 6.63. The second-order valence-electron chi connectivity index (χ2n) is 7.74. The van der Waals surface area contributed by atoms with Crippen molar-refractivity contribution in [2.45, 2.75) is 72.6 Å². The first-order valence-electron chi connectivity index (χ1n) is 9.87. The van der Waals surface area contributed by atoms with Gasteiger partial charge < -0.3 is 21.7 Å². The number of hydrogen-bond donors (Lipinski definition) is 4. The number of aromatic hydroxyl groups is 2. The fourth-order valence-electron chi connectivity index (χ4n) is 3.89. The normalized spacial score (nSPS) is 11.3. The third-order valence-corrected chi connectivity index (χ3v) is 5.77. The molecule has 0 atom stereocenters. The molecule has 0 aliphatic carbocycles. The van der Waals surface area contributed by atoms with E-state index < -0.39 is 0 Å². The van der Waals surface area contributed by atoms with Gasteiger partial charge in [0.05, 0.1) is 11.4 Å². The summed E-state index contributed by atoms with van der Waals surface area (Å²) in [6.07, 6.45) is 5.69.